The summed E-state index contributed by atoms with van der Waals surface area (Å²) in [7, 11) is 0. The van der Waals surface area contributed by atoms with Crippen LogP contribution in [-0.2, 0) is 28.6 Å². The maximum atomic E-state index is 12.9. The van der Waals surface area contributed by atoms with Crippen LogP contribution < -0.4 is 0 Å². The van der Waals surface area contributed by atoms with E-state index < -0.39 is 12.1 Å². The van der Waals surface area contributed by atoms with Crippen molar-refractivity contribution in [3.8, 4) is 0 Å². The van der Waals surface area contributed by atoms with Gasteiger partial charge in [0.05, 0.1) is 0 Å². The van der Waals surface area contributed by atoms with Crippen LogP contribution >= 0.6 is 0 Å². The molecule has 446 valence electrons. The van der Waals surface area contributed by atoms with Crippen LogP contribution in [0.1, 0.15) is 245 Å². The SMILES string of the molecule is CC/C=C\C/C=C\C/C=C\C/C=C\C/C=C\C/C=C\C/C=C\C/C=C\CCCCC(=O)OCC(COC(=O)CCCCCCC/C=C\CCCCCCCCC)OC(=O)CC/C=C\C/C=C\C/C=C\C/C=C\C/C=C\C/C=C\CC. The topological polar surface area (TPSA) is 78.9 Å². The maximum absolute atomic E-state index is 12.9. The third kappa shape index (κ3) is 63.3. The van der Waals surface area contributed by atoms with Crippen LogP contribution in [0.5, 0.6) is 0 Å². The lowest BCUT2D eigenvalue weighted by molar-refractivity contribution is -0.166. The van der Waals surface area contributed by atoms with Crippen molar-refractivity contribution in [3.63, 3.8) is 0 Å². The van der Waals surface area contributed by atoms with Gasteiger partial charge in [-0.05, 0) is 148 Å². The van der Waals surface area contributed by atoms with Gasteiger partial charge in [0, 0.05) is 19.3 Å². The molecule has 0 radical (unpaired) electrons. The molecular formula is C74H114O6. The number of carbonyl (C=O) groups is 3. The second kappa shape index (κ2) is 66.0. The highest BCUT2D eigenvalue weighted by atomic mass is 16.6. The van der Waals surface area contributed by atoms with Gasteiger partial charge in [-0.25, -0.2) is 0 Å². The molecule has 0 fully saturated rings. The highest BCUT2D eigenvalue weighted by Crippen LogP contribution is 2.13. The Morgan fingerprint density at radius 2 is 0.512 bits per heavy atom. The van der Waals surface area contributed by atoms with Crippen LogP contribution in [0.2, 0.25) is 0 Å². The van der Waals surface area contributed by atoms with E-state index in [-0.39, 0.29) is 38.0 Å². The fourth-order valence-electron chi connectivity index (χ4n) is 7.95. The molecule has 0 aliphatic rings. The predicted molar refractivity (Wildman–Crippen MR) is 348 cm³/mol. The average molecular weight is 1100 g/mol. The van der Waals surface area contributed by atoms with Gasteiger partial charge in [-0.1, -0.05) is 261 Å². The first-order valence-electron chi connectivity index (χ1n) is 31.8. The van der Waals surface area contributed by atoms with Crippen LogP contribution in [-0.4, -0.2) is 37.2 Å². The molecule has 1 atom stereocenters. The molecule has 1 unspecified atom stereocenters. The van der Waals surface area contributed by atoms with Gasteiger partial charge in [-0.2, -0.15) is 0 Å². The Balaban J connectivity index is 4.59. The Hall–Kier alpha value is -5.49. The minimum absolute atomic E-state index is 0.135. The van der Waals surface area contributed by atoms with Crippen molar-refractivity contribution in [3.05, 3.63) is 182 Å². The van der Waals surface area contributed by atoms with Crippen LogP contribution in [0, 0.1) is 0 Å². The fourth-order valence-corrected chi connectivity index (χ4v) is 7.95. The molecule has 6 heteroatoms. The Labute approximate surface area is 491 Å². The van der Waals surface area contributed by atoms with Gasteiger partial charge in [0.1, 0.15) is 13.2 Å². The molecular weight excluding hydrogens is 985 g/mol. The van der Waals surface area contributed by atoms with Crippen LogP contribution in [0.4, 0.5) is 0 Å². The molecule has 0 aliphatic carbocycles. The van der Waals surface area contributed by atoms with Gasteiger partial charge in [-0.3, -0.25) is 14.4 Å². The highest BCUT2D eigenvalue weighted by molar-refractivity contribution is 5.71. The third-order valence-corrected chi connectivity index (χ3v) is 12.6. The van der Waals surface area contributed by atoms with E-state index in [1.165, 1.54) is 57.8 Å². The second-order valence-electron chi connectivity index (χ2n) is 20.2. The summed E-state index contributed by atoms with van der Waals surface area (Å²) in [5.74, 6) is -1.08. The van der Waals surface area contributed by atoms with Crippen molar-refractivity contribution < 1.29 is 28.6 Å². The van der Waals surface area contributed by atoms with Gasteiger partial charge in [0.15, 0.2) is 6.10 Å². The van der Waals surface area contributed by atoms with Crippen molar-refractivity contribution in [1.82, 2.24) is 0 Å². The average Bonchev–Trinajstić information content (AvgIpc) is 3.46. The Bertz CT molecular complexity index is 1890. The number of hydrogen-bond donors (Lipinski definition) is 0. The standard InChI is InChI=1S/C74H114O6/c1-4-7-10-13-16-19-22-25-28-31-33-34-35-36-37-38-39-40-42-43-46-49-52-55-58-61-64-67-73(76)79-70-71(69-78-72(75)66-63-60-57-54-51-48-45-30-27-24-21-18-15-12-9-6-3)80-74(77)68-65-62-59-56-53-50-47-44-41-32-29-26-23-20-17-14-11-8-5-2/h7-8,10-11,16-17,19-20,25-26,28-30,33-34,36-37,39-41,43-46,50,52-53,55,59,62,71H,4-6,9,12-15,18,21-24,27,31-32,35,38,42,47-49,51,54,56-58,60-61,63-70H2,1-3H3/b10-7-,11-8-,19-16-,20-17-,28-25-,29-26-,34-33-,37-36-,40-39-,44-41-,45-30-,46-43-,53-50-,55-52-,62-59-. The van der Waals surface area contributed by atoms with E-state index in [0.717, 1.165) is 135 Å². The smallest absolute Gasteiger partial charge is 0.306 e. The van der Waals surface area contributed by atoms with E-state index in [1.807, 2.05) is 12.2 Å². The number of allylic oxidation sites excluding steroid dienone is 30. The molecule has 0 rings (SSSR count). The quantitative estimate of drug-likeness (QED) is 0.0261. The van der Waals surface area contributed by atoms with Crippen LogP contribution in [0.3, 0.4) is 0 Å². The molecule has 0 saturated carbocycles. The number of hydrogen-bond acceptors (Lipinski definition) is 6. The minimum Gasteiger partial charge on any atom is -0.462 e. The molecule has 80 heavy (non-hydrogen) atoms. The molecule has 0 bridgehead atoms. The molecule has 0 aromatic rings. The van der Waals surface area contributed by atoms with E-state index >= 15 is 0 Å². The number of unbranched alkanes of at least 4 members (excludes halogenated alkanes) is 14. The molecule has 0 N–H and O–H groups in total. The molecule has 0 aromatic carbocycles. The molecule has 0 amide bonds. The van der Waals surface area contributed by atoms with E-state index in [4.69, 9.17) is 14.2 Å². The number of rotatable bonds is 55. The summed E-state index contributed by atoms with van der Waals surface area (Å²) < 4.78 is 16.8. The van der Waals surface area contributed by atoms with Gasteiger partial charge in [0.25, 0.3) is 0 Å². The molecule has 0 saturated heterocycles. The van der Waals surface area contributed by atoms with Crippen molar-refractivity contribution in [2.75, 3.05) is 13.2 Å². The van der Waals surface area contributed by atoms with Gasteiger partial charge >= 0.3 is 17.9 Å². The normalized spacial score (nSPS) is 13.4. The summed E-state index contributed by atoms with van der Waals surface area (Å²) in [5, 5.41) is 0. The Morgan fingerprint density at radius 1 is 0.263 bits per heavy atom. The molecule has 0 spiro atoms. The van der Waals surface area contributed by atoms with Gasteiger partial charge in [0.2, 0.25) is 0 Å². The number of ether oxygens (including phenoxy) is 3. The molecule has 0 aliphatic heterocycles. The number of esters is 3. The summed E-state index contributed by atoms with van der Waals surface area (Å²) in [4.78, 5) is 38.3. The zero-order valence-corrected chi connectivity index (χ0v) is 51.0. The Kier molecular flexibility index (Phi) is 61.5. The lowest BCUT2D eigenvalue weighted by Gasteiger charge is -2.18. The van der Waals surface area contributed by atoms with Gasteiger partial charge in [-0.15, -0.1) is 0 Å². The van der Waals surface area contributed by atoms with E-state index in [0.29, 0.717) is 19.3 Å². The summed E-state index contributed by atoms with van der Waals surface area (Å²) in [6, 6.07) is 0. The minimum atomic E-state index is -0.852. The lowest BCUT2D eigenvalue weighted by Crippen LogP contribution is -2.30. The largest absolute Gasteiger partial charge is 0.462 e. The van der Waals surface area contributed by atoms with Crippen molar-refractivity contribution >= 4 is 17.9 Å². The first-order valence-corrected chi connectivity index (χ1v) is 31.8. The van der Waals surface area contributed by atoms with Crippen molar-refractivity contribution in [2.24, 2.45) is 0 Å². The molecule has 0 heterocycles. The van der Waals surface area contributed by atoms with Crippen molar-refractivity contribution in [1.29, 1.82) is 0 Å². The van der Waals surface area contributed by atoms with E-state index in [2.05, 4.69) is 191 Å². The van der Waals surface area contributed by atoms with Crippen molar-refractivity contribution in [2.45, 2.75) is 252 Å². The van der Waals surface area contributed by atoms with Gasteiger partial charge < -0.3 is 14.2 Å². The monoisotopic (exact) mass is 1100 g/mol. The summed E-state index contributed by atoms with van der Waals surface area (Å²) in [6.45, 7) is 6.29. The zero-order chi connectivity index (χ0) is 57.8. The first kappa shape index (κ1) is 74.5. The Morgan fingerprint density at radius 3 is 0.850 bits per heavy atom. The third-order valence-electron chi connectivity index (χ3n) is 12.6. The van der Waals surface area contributed by atoms with E-state index in [1.54, 1.807) is 0 Å². The summed E-state index contributed by atoms with van der Waals surface area (Å²) in [6.07, 6.45) is 99.1. The molecule has 0 aromatic heterocycles. The first-order chi connectivity index (χ1) is 39.5. The lowest BCUT2D eigenvalue weighted by atomic mass is 10.1. The van der Waals surface area contributed by atoms with Crippen LogP contribution in [0.25, 0.3) is 0 Å². The fraction of sp³-hybridized carbons (Fsp3) is 0.554. The molecule has 6 nitrogen and oxygen atoms in total. The predicted octanol–water partition coefficient (Wildman–Crippen LogP) is 22.0. The van der Waals surface area contributed by atoms with Crippen LogP contribution in [0.15, 0.2) is 182 Å². The summed E-state index contributed by atoms with van der Waals surface area (Å²) >= 11 is 0. The second-order valence-corrected chi connectivity index (χ2v) is 20.2. The van der Waals surface area contributed by atoms with E-state index in [9.17, 15) is 14.4 Å². The number of carbonyl (C=O) groups excluding carboxylic acids is 3. The maximum Gasteiger partial charge on any atom is 0.306 e. The zero-order valence-electron chi connectivity index (χ0n) is 51.0. The highest BCUT2D eigenvalue weighted by Gasteiger charge is 2.19. The summed E-state index contributed by atoms with van der Waals surface area (Å²) in [5.41, 5.74) is 0.